The van der Waals surface area contributed by atoms with Gasteiger partial charge in [0.15, 0.2) is 0 Å². The minimum Gasteiger partial charge on any atom is -0.349 e. The summed E-state index contributed by atoms with van der Waals surface area (Å²) in [4.78, 5) is 38.1. The number of nitrogens with one attached hydrogen (secondary N) is 2. The molecule has 0 saturated carbocycles. The molecule has 0 aliphatic carbocycles. The first kappa shape index (κ1) is 22.1. The number of hydrogen-bond donors (Lipinski definition) is 2. The zero-order valence-corrected chi connectivity index (χ0v) is 17.7. The molecule has 1 unspecified atom stereocenters. The summed E-state index contributed by atoms with van der Waals surface area (Å²) in [6.45, 7) is 7.26. The monoisotopic (exact) mass is 395 g/mol. The number of carbonyl (C=O) groups excluding carboxylic acids is 3. The van der Waals surface area contributed by atoms with E-state index in [1.165, 1.54) is 11.8 Å². The molecule has 0 spiro atoms. The lowest BCUT2D eigenvalue weighted by atomic mass is 10.0. The Morgan fingerprint density at radius 1 is 1.00 bits per heavy atom. The second-order valence-corrected chi connectivity index (χ2v) is 7.44. The van der Waals surface area contributed by atoms with Gasteiger partial charge in [0.1, 0.15) is 0 Å². The first-order valence-electron chi connectivity index (χ1n) is 9.61. The summed E-state index contributed by atoms with van der Waals surface area (Å²) in [5.74, 6) is -0.691. The largest absolute Gasteiger partial charge is 0.349 e. The minimum atomic E-state index is -0.437. The Kier molecular flexibility index (Phi) is 7.53. The summed E-state index contributed by atoms with van der Waals surface area (Å²) in [5.41, 5.74) is 4.73. The third-order valence-electron chi connectivity index (χ3n) is 4.71. The molecule has 0 saturated heterocycles. The zero-order valence-electron chi connectivity index (χ0n) is 17.7. The molecule has 6 nitrogen and oxygen atoms in total. The van der Waals surface area contributed by atoms with Crippen LogP contribution in [0.25, 0.3) is 0 Å². The van der Waals surface area contributed by atoms with Crippen molar-refractivity contribution in [1.82, 2.24) is 10.2 Å². The van der Waals surface area contributed by atoms with E-state index in [1.807, 2.05) is 63.2 Å². The number of hydrogen-bond acceptors (Lipinski definition) is 3. The van der Waals surface area contributed by atoms with Crippen molar-refractivity contribution in [3.8, 4) is 0 Å². The van der Waals surface area contributed by atoms with Gasteiger partial charge in [0.25, 0.3) is 0 Å². The van der Waals surface area contributed by atoms with Crippen LogP contribution < -0.4 is 10.6 Å². The van der Waals surface area contributed by atoms with Gasteiger partial charge in [0.05, 0.1) is 19.0 Å². The highest BCUT2D eigenvalue weighted by atomic mass is 16.2. The summed E-state index contributed by atoms with van der Waals surface area (Å²) in [5, 5.41) is 5.71. The Labute approximate surface area is 172 Å². The number of amides is 3. The molecule has 0 radical (unpaired) electrons. The number of nitrogens with zero attached hydrogens (tertiary/aromatic N) is 1. The SMILES string of the molecule is CC(=O)NC(CC(=O)N(C)CC(=O)Nc1c(C)cc(C)cc1C)c1ccccc1. The molecule has 0 aliphatic heterocycles. The van der Waals surface area contributed by atoms with Crippen LogP contribution in [0, 0.1) is 20.8 Å². The van der Waals surface area contributed by atoms with E-state index in [9.17, 15) is 14.4 Å². The highest BCUT2D eigenvalue weighted by molar-refractivity contribution is 5.95. The van der Waals surface area contributed by atoms with Crippen molar-refractivity contribution in [3.63, 3.8) is 0 Å². The summed E-state index contributed by atoms with van der Waals surface area (Å²) < 4.78 is 0. The Balaban J connectivity index is 2.02. The van der Waals surface area contributed by atoms with E-state index in [4.69, 9.17) is 0 Å². The van der Waals surface area contributed by atoms with Gasteiger partial charge in [-0.15, -0.1) is 0 Å². The maximum Gasteiger partial charge on any atom is 0.243 e. The first-order valence-corrected chi connectivity index (χ1v) is 9.61. The molecule has 6 heteroatoms. The fourth-order valence-corrected chi connectivity index (χ4v) is 3.37. The number of likely N-dealkylation sites (N-methyl/N-ethyl adjacent to an activating group) is 1. The first-order chi connectivity index (χ1) is 13.7. The van der Waals surface area contributed by atoms with Gasteiger partial charge in [0, 0.05) is 19.7 Å². The van der Waals surface area contributed by atoms with Gasteiger partial charge < -0.3 is 15.5 Å². The highest BCUT2D eigenvalue weighted by Gasteiger charge is 2.21. The number of aryl methyl sites for hydroxylation is 3. The molecule has 0 heterocycles. The van der Waals surface area contributed by atoms with Crippen molar-refractivity contribution in [3.05, 3.63) is 64.7 Å². The fraction of sp³-hybridized carbons (Fsp3) is 0.348. The number of anilines is 1. The maximum absolute atomic E-state index is 12.7. The molecule has 2 aromatic rings. The lowest BCUT2D eigenvalue weighted by molar-refractivity contribution is -0.134. The van der Waals surface area contributed by atoms with Crippen molar-refractivity contribution in [2.24, 2.45) is 0 Å². The van der Waals surface area contributed by atoms with E-state index in [1.54, 1.807) is 7.05 Å². The van der Waals surface area contributed by atoms with E-state index < -0.39 is 6.04 Å². The maximum atomic E-state index is 12.7. The number of rotatable bonds is 7. The van der Waals surface area contributed by atoms with E-state index in [0.29, 0.717) is 0 Å². The van der Waals surface area contributed by atoms with E-state index >= 15 is 0 Å². The standard InChI is InChI=1S/C23H29N3O3/c1-15-11-16(2)23(17(3)12-15)25-21(28)14-26(5)22(29)13-20(24-18(4)27)19-9-7-6-8-10-19/h6-12,20H,13-14H2,1-5H3,(H,24,27)(H,25,28). The lowest BCUT2D eigenvalue weighted by Gasteiger charge is -2.22. The normalized spacial score (nSPS) is 11.5. The van der Waals surface area contributed by atoms with E-state index in [2.05, 4.69) is 10.6 Å². The molecule has 1 atom stereocenters. The third-order valence-corrected chi connectivity index (χ3v) is 4.71. The summed E-state index contributed by atoms with van der Waals surface area (Å²) in [7, 11) is 1.59. The molecular weight excluding hydrogens is 366 g/mol. The van der Waals surface area contributed by atoms with E-state index in [0.717, 1.165) is 27.9 Å². The van der Waals surface area contributed by atoms with Crippen LogP contribution in [0.4, 0.5) is 5.69 Å². The van der Waals surface area contributed by atoms with Gasteiger partial charge >= 0.3 is 0 Å². The predicted octanol–water partition coefficient (Wildman–Crippen LogP) is 3.28. The van der Waals surface area contributed by atoms with Crippen molar-refractivity contribution in [1.29, 1.82) is 0 Å². The molecule has 0 bridgehead atoms. The fourth-order valence-electron chi connectivity index (χ4n) is 3.37. The van der Waals surface area contributed by atoms with Gasteiger partial charge in [-0.05, 0) is 37.5 Å². The predicted molar refractivity (Wildman–Crippen MR) is 115 cm³/mol. The molecule has 2 rings (SSSR count). The number of carbonyl (C=O) groups is 3. The highest BCUT2D eigenvalue weighted by Crippen LogP contribution is 2.22. The van der Waals surface area contributed by atoms with Crippen molar-refractivity contribution in [2.75, 3.05) is 18.9 Å². The average Bonchev–Trinajstić information content (AvgIpc) is 2.64. The summed E-state index contributed by atoms with van der Waals surface area (Å²) in [6, 6.07) is 12.9. The van der Waals surface area contributed by atoms with Gasteiger partial charge in [-0.2, -0.15) is 0 Å². The molecule has 154 valence electrons. The number of benzene rings is 2. The average molecular weight is 396 g/mol. The summed E-state index contributed by atoms with van der Waals surface area (Å²) >= 11 is 0. The Bertz CT molecular complexity index is 870. The molecular formula is C23H29N3O3. The summed E-state index contributed by atoms with van der Waals surface area (Å²) in [6.07, 6.45) is 0.0793. The van der Waals surface area contributed by atoms with Gasteiger partial charge in [0.2, 0.25) is 17.7 Å². The lowest BCUT2D eigenvalue weighted by Crippen LogP contribution is -2.38. The molecule has 29 heavy (non-hydrogen) atoms. The van der Waals surface area contributed by atoms with Crippen LogP contribution in [0.5, 0.6) is 0 Å². The van der Waals surface area contributed by atoms with Crippen LogP contribution in [-0.2, 0) is 14.4 Å². The van der Waals surface area contributed by atoms with Gasteiger partial charge in [-0.3, -0.25) is 14.4 Å². The third kappa shape index (κ3) is 6.45. The van der Waals surface area contributed by atoms with Crippen LogP contribution in [0.15, 0.2) is 42.5 Å². The Morgan fingerprint density at radius 2 is 1.59 bits per heavy atom. The Morgan fingerprint density at radius 3 is 2.14 bits per heavy atom. The van der Waals surface area contributed by atoms with Gasteiger partial charge in [-0.25, -0.2) is 0 Å². The quantitative estimate of drug-likeness (QED) is 0.755. The smallest absolute Gasteiger partial charge is 0.243 e. The van der Waals surface area contributed by atoms with Crippen LogP contribution in [-0.4, -0.2) is 36.2 Å². The molecule has 2 aromatic carbocycles. The van der Waals surface area contributed by atoms with Crippen molar-refractivity contribution < 1.29 is 14.4 Å². The van der Waals surface area contributed by atoms with Gasteiger partial charge in [-0.1, -0.05) is 48.0 Å². The van der Waals surface area contributed by atoms with Crippen LogP contribution >= 0.6 is 0 Å². The zero-order chi connectivity index (χ0) is 21.6. The molecule has 3 amide bonds. The van der Waals surface area contributed by atoms with Crippen molar-refractivity contribution in [2.45, 2.75) is 40.2 Å². The van der Waals surface area contributed by atoms with E-state index in [-0.39, 0.29) is 30.7 Å². The second-order valence-electron chi connectivity index (χ2n) is 7.44. The van der Waals surface area contributed by atoms with Crippen LogP contribution in [0.1, 0.15) is 41.6 Å². The second kappa shape index (κ2) is 9.87. The van der Waals surface area contributed by atoms with Crippen LogP contribution in [0.3, 0.4) is 0 Å². The van der Waals surface area contributed by atoms with Crippen molar-refractivity contribution >= 4 is 23.4 Å². The molecule has 0 aliphatic rings. The Hall–Kier alpha value is -3.15. The van der Waals surface area contributed by atoms with Crippen LogP contribution in [0.2, 0.25) is 0 Å². The molecule has 2 N–H and O–H groups in total. The topological polar surface area (TPSA) is 78.5 Å². The molecule has 0 fully saturated rings. The minimum absolute atomic E-state index is 0.0623. The molecule has 0 aromatic heterocycles.